The Labute approximate surface area is 569 Å². The molecular formula is C73H110N8O15. The number of hydrogen-bond acceptors (Lipinski definition) is 19. The molecule has 2 aromatic carbocycles. The van der Waals surface area contributed by atoms with Gasteiger partial charge < -0.3 is 60.0 Å². The lowest BCUT2D eigenvalue weighted by molar-refractivity contribution is -0.161. The number of anilines is 2. The van der Waals surface area contributed by atoms with Crippen molar-refractivity contribution in [3.63, 3.8) is 0 Å². The number of nitrogens with one attached hydrogen (secondary N) is 4. The molecule has 6 heterocycles. The molecule has 4 bridgehead atoms. The number of ether oxygens (including phenoxy) is 8. The topological polar surface area (TPSA) is 319 Å². The molecule has 0 saturated heterocycles. The summed E-state index contributed by atoms with van der Waals surface area (Å²) in [5.41, 5.74) is 12.7. The number of esters is 2. The maximum atomic E-state index is 13.8. The molecule has 0 radical (unpaired) electrons. The van der Waals surface area contributed by atoms with Gasteiger partial charge in [0.1, 0.15) is 57.4 Å². The van der Waals surface area contributed by atoms with Crippen molar-refractivity contribution < 1.29 is 71.5 Å². The maximum absolute atomic E-state index is 13.8. The third kappa shape index (κ3) is 33.8. The van der Waals surface area contributed by atoms with Crippen LogP contribution in [0.1, 0.15) is 172 Å². The smallest absolute Gasteiger partial charge is 0.413 e. The Morgan fingerprint density at radius 3 is 1.36 bits per heavy atom. The predicted molar refractivity (Wildman–Crippen MR) is 369 cm³/mol. The van der Waals surface area contributed by atoms with Crippen molar-refractivity contribution in [2.45, 2.75) is 222 Å². The summed E-state index contributed by atoms with van der Waals surface area (Å²) in [6, 6.07) is 20.6. The van der Waals surface area contributed by atoms with Gasteiger partial charge in [-0.3, -0.25) is 34.6 Å². The number of nitrogens with two attached hydrogens (primary N) is 2. The minimum Gasteiger partial charge on any atom is -0.494 e. The van der Waals surface area contributed by atoms with E-state index >= 15 is 0 Å². The second-order valence-electron chi connectivity index (χ2n) is 29.1. The van der Waals surface area contributed by atoms with Gasteiger partial charge in [0.25, 0.3) is 0 Å². The van der Waals surface area contributed by atoms with Crippen molar-refractivity contribution in [1.29, 1.82) is 0 Å². The standard InChI is InChI=1S/C38H55N3O8.C18H28N2O3.C17H27N3O4/c1-25(2)32-24-46-17-9-10-18-47-31-14-11-26(12-15-31)19-28(34(43)40-32)21-30(42)22-29(35(44)48-37(3,4)5)20-27-13-16-33(39-23-27)41-36(45)49-38(6,7)8;1-13(2)17-12-22-9-3-4-10-23-15-7-5-14(6-8-15)11-16(19)18(21)20-17;1-16(2,3)23-14(21)12(18)9-11-7-8-13(19-10-11)20-15(22)24-17(4,5)6/h11-16,23,25,28-29,32H,9-10,17-22,24H2,1-8H3,(H,40,43)(H,39,41,45);5-8,13,16-17H,3-4,9-12,19H2,1-2H3,(H,20,21);7-8,10,12H,9,18H2,1-6H3,(H,19,20,22)/t28-,29+,32+;16-,17-;12-/m010/s1. The SMILES string of the molecule is CC(C)(C)OC(=O)Nc1ccc(C[C@H](N)C(=O)OC(C)(C)C)cn1.CC(C)[C@H]1COCCCCOc2ccc(cc2)C[C@@H](CC(=O)C[C@@H](Cc2ccc(NC(=O)OC(C)(C)C)nc2)C(=O)OC(C)(C)C)C(=O)N1.CC(C)[C@H]1COCCCCOc2ccc(cc2)C[C@@H](N)C(=O)N1. The van der Waals surface area contributed by atoms with E-state index in [1.165, 1.54) is 0 Å². The molecule has 0 spiro atoms. The maximum Gasteiger partial charge on any atom is 0.413 e. The van der Waals surface area contributed by atoms with E-state index in [2.05, 4.69) is 45.1 Å². The first kappa shape index (κ1) is 80.7. The van der Waals surface area contributed by atoms with Crippen molar-refractivity contribution >= 4 is 53.4 Å². The van der Waals surface area contributed by atoms with Crippen LogP contribution in [-0.2, 0) is 78.1 Å². The van der Waals surface area contributed by atoms with E-state index in [1.807, 2.05) is 62.4 Å². The van der Waals surface area contributed by atoms with Crippen LogP contribution in [0.5, 0.6) is 11.5 Å². The zero-order chi connectivity index (χ0) is 71.4. The van der Waals surface area contributed by atoms with E-state index in [1.54, 1.807) is 120 Å². The number of Topliss-reactive ketones (excluding diaryl/α,β-unsaturated/α-hetero) is 1. The average molecular weight is 1340 g/mol. The molecular weight excluding hydrogens is 1230 g/mol. The number of carbonyl (C=O) groups is 7. The third-order valence-corrected chi connectivity index (χ3v) is 14.5. The molecule has 532 valence electrons. The lowest BCUT2D eigenvalue weighted by atomic mass is 9.88. The summed E-state index contributed by atoms with van der Waals surface area (Å²) in [4.78, 5) is 97.3. The lowest BCUT2D eigenvalue weighted by Crippen LogP contribution is -2.49. The molecule has 0 unspecified atom stereocenters. The summed E-state index contributed by atoms with van der Waals surface area (Å²) in [5.74, 6) is -0.342. The number of rotatable bonds is 14. The first-order valence-electron chi connectivity index (χ1n) is 33.5. The minimum atomic E-state index is -0.805. The molecule has 0 aliphatic carbocycles. The zero-order valence-corrected chi connectivity index (χ0v) is 59.7. The van der Waals surface area contributed by atoms with Crippen LogP contribution in [0.2, 0.25) is 0 Å². The fourth-order valence-corrected chi connectivity index (χ4v) is 9.45. The van der Waals surface area contributed by atoms with Gasteiger partial charge in [-0.15, -0.1) is 0 Å². The highest BCUT2D eigenvalue weighted by Crippen LogP contribution is 2.25. The molecule has 96 heavy (non-hydrogen) atoms. The largest absolute Gasteiger partial charge is 0.494 e. The first-order chi connectivity index (χ1) is 44.9. The number of carbonyl (C=O) groups excluding carboxylic acids is 7. The Morgan fingerprint density at radius 1 is 0.542 bits per heavy atom. The zero-order valence-electron chi connectivity index (χ0n) is 59.7. The number of benzene rings is 2. The summed E-state index contributed by atoms with van der Waals surface area (Å²) in [7, 11) is 0. The first-order valence-corrected chi connectivity index (χ1v) is 33.5. The highest BCUT2D eigenvalue weighted by atomic mass is 16.6. The Bertz CT molecular complexity index is 3040. The van der Waals surface area contributed by atoms with Gasteiger partial charge in [0, 0.05) is 44.4 Å². The number of amides is 4. The Balaban J connectivity index is 0.000000346. The highest BCUT2D eigenvalue weighted by Gasteiger charge is 2.32. The monoisotopic (exact) mass is 1340 g/mol. The Kier molecular flexibility index (Phi) is 32.7. The van der Waals surface area contributed by atoms with Crippen molar-refractivity contribution in [2.24, 2.45) is 35.1 Å². The number of ketones is 1. The fourth-order valence-electron chi connectivity index (χ4n) is 9.45. The van der Waals surface area contributed by atoms with Crippen molar-refractivity contribution in [3.8, 4) is 11.5 Å². The molecule has 8 rings (SSSR count). The molecule has 23 nitrogen and oxygen atoms in total. The average Bonchev–Trinajstić information content (AvgIpc) is 0.910. The number of nitrogens with zero attached hydrogens (tertiary/aromatic N) is 2. The van der Waals surface area contributed by atoms with E-state index in [-0.39, 0.29) is 54.9 Å². The van der Waals surface area contributed by atoms with Gasteiger partial charge in [0.05, 0.1) is 50.5 Å². The van der Waals surface area contributed by atoms with Crippen LogP contribution in [0.3, 0.4) is 0 Å². The summed E-state index contributed by atoms with van der Waals surface area (Å²) in [6.07, 6.45) is 6.67. The summed E-state index contributed by atoms with van der Waals surface area (Å²) >= 11 is 0. The third-order valence-electron chi connectivity index (χ3n) is 14.5. The number of aromatic nitrogens is 2. The second-order valence-corrected chi connectivity index (χ2v) is 29.1. The van der Waals surface area contributed by atoms with Gasteiger partial charge in [0.15, 0.2) is 0 Å². The van der Waals surface area contributed by atoms with Crippen molar-refractivity contribution in [1.82, 2.24) is 20.6 Å². The van der Waals surface area contributed by atoms with Gasteiger partial charge in [0.2, 0.25) is 11.8 Å². The molecule has 4 aromatic rings. The van der Waals surface area contributed by atoms with E-state index in [0.29, 0.717) is 82.0 Å². The second kappa shape index (κ2) is 38.9. The molecule has 0 fully saturated rings. The van der Waals surface area contributed by atoms with Crippen LogP contribution < -0.4 is 42.2 Å². The quantitative estimate of drug-likeness (QED) is 0.0505. The van der Waals surface area contributed by atoms with Crippen LogP contribution in [-0.4, -0.2) is 138 Å². The van der Waals surface area contributed by atoms with Crippen LogP contribution in [0.4, 0.5) is 21.2 Å². The summed E-state index contributed by atoms with van der Waals surface area (Å²) in [6.45, 7) is 32.9. The fraction of sp³-hybridized carbons (Fsp3) is 0.603. The van der Waals surface area contributed by atoms with Gasteiger partial charge in [-0.1, -0.05) is 64.1 Å². The van der Waals surface area contributed by atoms with Crippen LogP contribution in [0, 0.1) is 23.7 Å². The summed E-state index contributed by atoms with van der Waals surface area (Å²) < 4.78 is 44.5. The van der Waals surface area contributed by atoms with Crippen LogP contribution in [0.25, 0.3) is 0 Å². The number of fused-ring (bicyclic) bond motifs is 26. The molecule has 2 aromatic heterocycles. The molecule has 4 aliphatic heterocycles. The van der Waals surface area contributed by atoms with Crippen molar-refractivity contribution in [3.05, 3.63) is 107 Å². The van der Waals surface area contributed by atoms with Gasteiger partial charge in [-0.25, -0.2) is 19.6 Å². The molecule has 4 amide bonds. The van der Waals surface area contributed by atoms with Gasteiger partial charge in [-0.2, -0.15) is 0 Å². The van der Waals surface area contributed by atoms with E-state index in [0.717, 1.165) is 53.9 Å². The molecule has 4 aliphatic rings. The van der Waals surface area contributed by atoms with Crippen molar-refractivity contribution in [2.75, 3.05) is 50.3 Å². The number of hydrogen-bond donors (Lipinski definition) is 6. The predicted octanol–water partition coefficient (Wildman–Crippen LogP) is 11.0. The molecule has 0 saturated carbocycles. The van der Waals surface area contributed by atoms with Crippen LogP contribution >= 0.6 is 0 Å². The normalized spacial score (nSPS) is 18.6. The van der Waals surface area contributed by atoms with Crippen LogP contribution in [0.15, 0.2) is 85.2 Å². The lowest BCUT2D eigenvalue weighted by Gasteiger charge is -2.26. The van der Waals surface area contributed by atoms with Gasteiger partial charge in [-0.05, 0) is 205 Å². The molecule has 6 atom stereocenters. The van der Waals surface area contributed by atoms with E-state index < -0.39 is 70.4 Å². The van der Waals surface area contributed by atoms with Gasteiger partial charge >= 0.3 is 24.1 Å². The minimum absolute atomic E-state index is 0.0138. The van der Waals surface area contributed by atoms with E-state index in [9.17, 15) is 33.6 Å². The van der Waals surface area contributed by atoms with E-state index in [4.69, 9.17) is 49.4 Å². The Hall–Kier alpha value is -7.73. The molecule has 23 heteroatoms. The summed E-state index contributed by atoms with van der Waals surface area (Å²) in [5, 5.41) is 11.3. The highest BCUT2D eigenvalue weighted by molar-refractivity contribution is 5.90. The Morgan fingerprint density at radius 2 is 0.948 bits per heavy atom. The number of pyridine rings is 2. The molecule has 8 N–H and O–H groups in total.